The monoisotopic (exact) mass is 318 g/mol. The Morgan fingerprint density at radius 2 is 1.96 bits per heavy atom. The van der Waals surface area contributed by atoms with Crippen LogP contribution >= 0.6 is 0 Å². The molecule has 1 aromatic heterocycles. The molecule has 0 N–H and O–H groups in total. The Hall–Kier alpha value is -2.11. The molecule has 1 aliphatic heterocycles. The number of pyridine rings is 1. The largest absolute Gasteiger partial charge is 0.334 e. The van der Waals surface area contributed by atoms with Crippen molar-refractivity contribution >= 4 is 11.9 Å². The molecule has 0 aromatic carbocycles. The number of piperazine rings is 1. The lowest BCUT2D eigenvalue weighted by atomic mass is 9.97. The normalized spacial score (nSPS) is 17.1. The number of carbonyl (C=O) groups excluding carboxylic acids is 2. The number of aryl methyl sites for hydroxylation is 1. The van der Waals surface area contributed by atoms with Crippen LogP contribution in [0.25, 0.3) is 0 Å². The molecular formula is C17H26N4O2. The van der Waals surface area contributed by atoms with Gasteiger partial charge < -0.3 is 14.7 Å². The fourth-order valence-electron chi connectivity index (χ4n) is 2.94. The Balaban J connectivity index is 2.04. The van der Waals surface area contributed by atoms with E-state index in [0.29, 0.717) is 26.1 Å². The van der Waals surface area contributed by atoms with Gasteiger partial charge in [0.25, 0.3) is 0 Å². The SMILES string of the molecule is Cc1ccc(CC(=O)N2CCN(C(=O)N(C)C)CC2(C)C)cn1. The first-order valence-corrected chi connectivity index (χ1v) is 7.89. The molecule has 2 heterocycles. The van der Waals surface area contributed by atoms with E-state index >= 15 is 0 Å². The molecule has 0 radical (unpaired) electrons. The van der Waals surface area contributed by atoms with Gasteiger partial charge in [0, 0.05) is 45.6 Å². The van der Waals surface area contributed by atoms with Crippen LogP contribution in [0.5, 0.6) is 0 Å². The summed E-state index contributed by atoms with van der Waals surface area (Å²) in [7, 11) is 3.49. The smallest absolute Gasteiger partial charge is 0.319 e. The quantitative estimate of drug-likeness (QED) is 0.831. The van der Waals surface area contributed by atoms with Gasteiger partial charge in [0.2, 0.25) is 5.91 Å². The molecule has 0 unspecified atom stereocenters. The van der Waals surface area contributed by atoms with Crippen LogP contribution in [0.4, 0.5) is 4.79 Å². The number of hydrogen-bond acceptors (Lipinski definition) is 3. The molecule has 1 fully saturated rings. The Labute approximate surface area is 138 Å². The summed E-state index contributed by atoms with van der Waals surface area (Å²) in [5, 5.41) is 0. The third kappa shape index (κ3) is 4.00. The maximum atomic E-state index is 12.7. The molecule has 1 aliphatic rings. The highest BCUT2D eigenvalue weighted by Gasteiger charge is 2.38. The predicted molar refractivity (Wildman–Crippen MR) is 89.1 cm³/mol. The first-order chi connectivity index (χ1) is 10.7. The number of nitrogens with zero attached hydrogens (tertiary/aromatic N) is 4. The minimum absolute atomic E-state index is 0.00657. The molecule has 0 bridgehead atoms. The summed E-state index contributed by atoms with van der Waals surface area (Å²) in [6, 6.07) is 3.86. The fraction of sp³-hybridized carbons (Fsp3) is 0.588. The van der Waals surface area contributed by atoms with Crippen molar-refractivity contribution in [1.82, 2.24) is 19.7 Å². The molecule has 126 valence electrons. The summed E-state index contributed by atoms with van der Waals surface area (Å²) >= 11 is 0. The van der Waals surface area contributed by atoms with E-state index in [4.69, 9.17) is 0 Å². The number of carbonyl (C=O) groups is 2. The molecule has 3 amide bonds. The lowest BCUT2D eigenvalue weighted by Crippen LogP contribution is -2.63. The van der Waals surface area contributed by atoms with Crippen LogP contribution in [0.2, 0.25) is 0 Å². The zero-order chi connectivity index (χ0) is 17.2. The van der Waals surface area contributed by atoms with Crippen LogP contribution in [0, 0.1) is 6.92 Å². The van der Waals surface area contributed by atoms with Crippen molar-refractivity contribution in [2.75, 3.05) is 33.7 Å². The Morgan fingerprint density at radius 1 is 1.26 bits per heavy atom. The van der Waals surface area contributed by atoms with Crippen molar-refractivity contribution in [3.05, 3.63) is 29.6 Å². The first kappa shape index (κ1) is 17.2. The number of amides is 3. The summed E-state index contributed by atoms with van der Waals surface area (Å²) in [6.45, 7) is 7.61. The van der Waals surface area contributed by atoms with Gasteiger partial charge in [-0.15, -0.1) is 0 Å². The van der Waals surface area contributed by atoms with Gasteiger partial charge in [-0.3, -0.25) is 9.78 Å². The molecule has 1 saturated heterocycles. The Bertz CT molecular complexity index is 581. The number of urea groups is 1. The Kier molecular flexibility index (Phi) is 4.92. The van der Waals surface area contributed by atoms with E-state index in [9.17, 15) is 9.59 Å². The van der Waals surface area contributed by atoms with Gasteiger partial charge in [-0.2, -0.15) is 0 Å². The molecule has 23 heavy (non-hydrogen) atoms. The average Bonchev–Trinajstić information content (AvgIpc) is 2.47. The van der Waals surface area contributed by atoms with E-state index in [-0.39, 0.29) is 17.5 Å². The van der Waals surface area contributed by atoms with Crippen LogP contribution in [-0.2, 0) is 11.2 Å². The third-order valence-corrected chi connectivity index (χ3v) is 4.18. The van der Waals surface area contributed by atoms with Crippen molar-refractivity contribution in [1.29, 1.82) is 0 Å². The molecule has 0 aliphatic carbocycles. The maximum Gasteiger partial charge on any atom is 0.319 e. The highest BCUT2D eigenvalue weighted by atomic mass is 16.2. The summed E-state index contributed by atoms with van der Waals surface area (Å²) in [5.74, 6) is 0.0811. The number of rotatable bonds is 2. The molecule has 2 rings (SSSR count). The standard InChI is InChI=1S/C17H26N4O2/c1-13-6-7-14(11-18-13)10-15(22)21-9-8-20(12-17(21,2)3)16(23)19(4)5/h6-7,11H,8-10,12H2,1-5H3. The molecule has 6 nitrogen and oxygen atoms in total. The van der Waals surface area contributed by atoms with E-state index in [0.717, 1.165) is 11.3 Å². The van der Waals surface area contributed by atoms with Gasteiger partial charge in [0.1, 0.15) is 0 Å². The van der Waals surface area contributed by atoms with Crippen molar-refractivity contribution in [2.45, 2.75) is 32.7 Å². The second-order valence-corrected chi connectivity index (χ2v) is 6.94. The highest BCUT2D eigenvalue weighted by molar-refractivity contribution is 5.80. The summed E-state index contributed by atoms with van der Waals surface area (Å²) in [4.78, 5) is 34.3. The van der Waals surface area contributed by atoms with Crippen molar-refractivity contribution in [2.24, 2.45) is 0 Å². The van der Waals surface area contributed by atoms with Gasteiger partial charge in [-0.05, 0) is 32.4 Å². The molecule has 0 spiro atoms. The molecule has 0 saturated carbocycles. The summed E-state index contributed by atoms with van der Waals surface area (Å²) in [5.41, 5.74) is 1.49. The predicted octanol–water partition coefficient (Wildman–Crippen LogP) is 1.54. The molecular weight excluding hydrogens is 292 g/mol. The van der Waals surface area contributed by atoms with Gasteiger partial charge >= 0.3 is 6.03 Å². The van der Waals surface area contributed by atoms with Crippen LogP contribution in [0.3, 0.4) is 0 Å². The van der Waals surface area contributed by atoms with Gasteiger partial charge in [0.15, 0.2) is 0 Å². The average molecular weight is 318 g/mol. The second-order valence-electron chi connectivity index (χ2n) is 6.94. The van der Waals surface area contributed by atoms with Crippen LogP contribution < -0.4 is 0 Å². The van der Waals surface area contributed by atoms with Crippen LogP contribution in [0.15, 0.2) is 18.3 Å². The highest BCUT2D eigenvalue weighted by Crippen LogP contribution is 2.22. The van der Waals surface area contributed by atoms with Crippen molar-refractivity contribution in [3.8, 4) is 0 Å². The van der Waals surface area contributed by atoms with E-state index in [1.165, 1.54) is 0 Å². The van der Waals surface area contributed by atoms with E-state index in [2.05, 4.69) is 4.98 Å². The number of aromatic nitrogens is 1. The van der Waals surface area contributed by atoms with E-state index < -0.39 is 0 Å². The van der Waals surface area contributed by atoms with Gasteiger partial charge in [0.05, 0.1) is 12.0 Å². The summed E-state index contributed by atoms with van der Waals surface area (Å²) < 4.78 is 0. The lowest BCUT2D eigenvalue weighted by molar-refractivity contribution is -0.139. The molecule has 1 aromatic rings. The lowest BCUT2D eigenvalue weighted by Gasteiger charge is -2.47. The van der Waals surface area contributed by atoms with Crippen molar-refractivity contribution in [3.63, 3.8) is 0 Å². The van der Waals surface area contributed by atoms with Gasteiger partial charge in [-0.25, -0.2) is 4.79 Å². The molecule has 0 atom stereocenters. The summed E-state index contributed by atoms with van der Waals surface area (Å²) in [6.07, 6.45) is 2.10. The maximum absolute atomic E-state index is 12.7. The number of hydrogen-bond donors (Lipinski definition) is 0. The second kappa shape index (κ2) is 6.56. The topological polar surface area (TPSA) is 56.8 Å². The van der Waals surface area contributed by atoms with Crippen LogP contribution in [-0.4, -0.2) is 70.9 Å². The first-order valence-electron chi connectivity index (χ1n) is 7.89. The minimum Gasteiger partial charge on any atom is -0.334 e. The van der Waals surface area contributed by atoms with Gasteiger partial charge in [-0.1, -0.05) is 6.07 Å². The van der Waals surface area contributed by atoms with E-state index in [1.54, 1.807) is 30.1 Å². The van der Waals surface area contributed by atoms with Crippen LogP contribution in [0.1, 0.15) is 25.1 Å². The zero-order valence-corrected chi connectivity index (χ0v) is 14.7. The fourth-order valence-corrected chi connectivity index (χ4v) is 2.94. The zero-order valence-electron chi connectivity index (χ0n) is 14.7. The molecule has 6 heteroatoms. The van der Waals surface area contributed by atoms with Crippen molar-refractivity contribution < 1.29 is 9.59 Å². The minimum atomic E-state index is -0.376. The Morgan fingerprint density at radius 3 is 2.48 bits per heavy atom. The third-order valence-electron chi connectivity index (χ3n) is 4.18. The van der Waals surface area contributed by atoms with E-state index in [1.807, 2.05) is 37.8 Å².